The number of likely N-dealkylation sites (N-methyl/N-ethyl adjacent to an activating group) is 1. The molecular weight excluding hydrogens is 264 g/mol. The molecule has 1 aliphatic heterocycles. The number of anilines is 1. The van der Waals surface area contributed by atoms with Gasteiger partial charge in [-0.3, -0.25) is 9.78 Å². The molecule has 0 aromatic carbocycles. The van der Waals surface area contributed by atoms with E-state index < -0.39 is 0 Å². The van der Waals surface area contributed by atoms with Gasteiger partial charge in [0.2, 0.25) is 0 Å². The first-order chi connectivity index (χ1) is 10.1. The number of nitrogens with one attached hydrogen (secondary N) is 1. The van der Waals surface area contributed by atoms with Crippen LogP contribution in [0.25, 0.3) is 0 Å². The predicted octanol–water partition coefficient (Wildman–Crippen LogP) is 1.99. The molecule has 1 fully saturated rings. The van der Waals surface area contributed by atoms with Gasteiger partial charge < -0.3 is 15.1 Å². The number of aromatic nitrogens is 1. The number of carbonyl (C=O) groups excluding carboxylic acids is 1. The van der Waals surface area contributed by atoms with Crippen molar-refractivity contribution in [1.82, 2.24) is 14.8 Å². The summed E-state index contributed by atoms with van der Waals surface area (Å²) in [7, 11) is 1.87. The average Bonchev–Trinajstić information content (AvgIpc) is 2.98. The maximum atomic E-state index is 12.6. The quantitative estimate of drug-likeness (QED) is 0.870. The zero-order valence-corrected chi connectivity index (χ0v) is 13.4. The summed E-state index contributed by atoms with van der Waals surface area (Å²) >= 11 is 0. The summed E-state index contributed by atoms with van der Waals surface area (Å²) in [6, 6.07) is 1.94. The molecular formula is C16H26N4O. The summed E-state index contributed by atoms with van der Waals surface area (Å²) < 4.78 is 0. The van der Waals surface area contributed by atoms with E-state index in [0.29, 0.717) is 5.56 Å². The summed E-state index contributed by atoms with van der Waals surface area (Å²) in [5.74, 6) is 0.0395. The molecule has 2 rings (SSSR count). The lowest BCUT2D eigenvalue weighted by molar-refractivity contribution is 0.0783. The zero-order chi connectivity index (χ0) is 15.2. The Morgan fingerprint density at radius 3 is 2.81 bits per heavy atom. The highest BCUT2D eigenvalue weighted by atomic mass is 16.2. The first-order valence-corrected chi connectivity index (χ1v) is 7.80. The van der Waals surface area contributed by atoms with E-state index in [1.807, 2.05) is 27.0 Å². The molecule has 1 amide bonds. The summed E-state index contributed by atoms with van der Waals surface area (Å²) in [6.45, 7) is 8.80. The first kappa shape index (κ1) is 15.8. The second kappa shape index (κ2) is 7.41. The Morgan fingerprint density at radius 1 is 1.43 bits per heavy atom. The summed E-state index contributed by atoms with van der Waals surface area (Å²) in [5, 5.41) is 3.25. The molecule has 0 bridgehead atoms. The lowest BCUT2D eigenvalue weighted by Crippen LogP contribution is -2.35. The minimum atomic E-state index is 0.0395. The Labute approximate surface area is 127 Å². The minimum Gasteiger partial charge on any atom is -0.385 e. The molecule has 5 heteroatoms. The van der Waals surface area contributed by atoms with Crippen molar-refractivity contribution in [2.24, 2.45) is 0 Å². The monoisotopic (exact) mass is 290 g/mol. The Hall–Kier alpha value is -1.62. The molecule has 1 saturated heterocycles. The van der Waals surface area contributed by atoms with Crippen molar-refractivity contribution in [3.05, 3.63) is 23.5 Å². The highest BCUT2D eigenvalue weighted by molar-refractivity contribution is 5.99. The lowest BCUT2D eigenvalue weighted by atomic mass is 10.2. The third kappa shape index (κ3) is 4.17. The van der Waals surface area contributed by atoms with E-state index in [1.165, 1.54) is 12.8 Å². The van der Waals surface area contributed by atoms with Gasteiger partial charge in [-0.25, -0.2) is 0 Å². The van der Waals surface area contributed by atoms with Crippen LogP contribution in [0.1, 0.15) is 35.8 Å². The number of carbonyl (C=O) groups is 1. The number of nitrogens with zero attached hydrogens (tertiary/aromatic N) is 3. The van der Waals surface area contributed by atoms with Gasteiger partial charge in [0.15, 0.2) is 0 Å². The van der Waals surface area contributed by atoms with E-state index in [-0.39, 0.29) is 5.91 Å². The molecule has 0 unspecified atom stereocenters. The van der Waals surface area contributed by atoms with Gasteiger partial charge in [-0.05, 0) is 45.8 Å². The van der Waals surface area contributed by atoms with Gasteiger partial charge in [-0.2, -0.15) is 0 Å². The maximum absolute atomic E-state index is 12.6. The Kier molecular flexibility index (Phi) is 5.56. The van der Waals surface area contributed by atoms with Gasteiger partial charge in [-0.15, -0.1) is 0 Å². The van der Waals surface area contributed by atoms with Crippen molar-refractivity contribution in [2.75, 3.05) is 45.1 Å². The molecule has 0 saturated carbocycles. The van der Waals surface area contributed by atoms with E-state index >= 15 is 0 Å². The van der Waals surface area contributed by atoms with Crippen molar-refractivity contribution in [3.8, 4) is 0 Å². The molecule has 0 spiro atoms. The Balaban J connectivity index is 2.00. The third-order valence-electron chi connectivity index (χ3n) is 3.94. The largest absolute Gasteiger partial charge is 0.385 e. The fourth-order valence-corrected chi connectivity index (χ4v) is 2.67. The lowest BCUT2D eigenvalue weighted by Gasteiger charge is -2.22. The van der Waals surface area contributed by atoms with Gasteiger partial charge in [0.25, 0.3) is 5.91 Å². The van der Waals surface area contributed by atoms with Gasteiger partial charge in [-0.1, -0.05) is 0 Å². The van der Waals surface area contributed by atoms with Crippen molar-refractivity contribution in [3.63, 3.8) is 0 Å². The fraction of sp³-hybridized carbons (Fsp3) is 0.625. The average molecular weight is 290 g/mol. The molecule has 5 nitrogen and oxygen atoms in total. The van der Waals surface area contributed by atoms with Gasteiger partial charge >= 0.3 is 0 Å². The van der Waals surface area contributed by atoms with Gasteiger partial charge in [0, 0.05) is 38.6 Å². The summed E-state index contributed by atoms with van der Waals surface area (Å²) in [4.78, 5) is 21.1. The molecule has 1 N–H and O–H groups in total. The topological polar surface area (TPSA) is 48.5 Å². The smallest absolute Gasteiger partial charge is 0.257 e. The fourth-order valence-electron chi connectivity index (χ4n) is 2.67. The van der Waals surface area contributed by atoms with Crippen molar-refractivity contribution in [2.45, 2.75) is 26.7 Å². The first-order valence-electron chi connectivity index (χ1n) is 7.80. The SMILES string of the molecule is CCNc1cc(C)ncc1C(=O)N(C)CCN1CCCC1. The number of pyridine rings is 1. The van der Waals surface area contributed by atoms with Crippen LogP contribution in [0.4, 0.5) is 5.69 Å². The second-order valence-electron chi connectivity index (χ2n) is 5.68. The Morgan fingerprint density at radius 2 is 2.14 bits per heavy atom. The number of hydrogen-bond donors (Lipinski definition) is 1. The van der Waals surface area contributed by atoms with Crippen molar-refractivity contribution < 1.29 is 4.79 Å². The van der Waals surface area contributed by atoms with Crippen LogP contribution in [-0.2, 0) is 0 Å². The highest BCUT2D eigenvalue weighted by Gasteiger charge is 2.18. The molecule has 0 radical (unpaired) electrons. The van der Waals surface area contributed by atoms with E-state index in [1.54, 1.807) is 11.1 Å². The van der Waals surface area contributed by atoms with Crippen LogP contribution in [0.15, 0.2) is 12.3 Å². The van der Waals surface area contributed by atoms with Gasteiger partial charge in [0.05, 0.1) is 11.3 Å². The molecule has 0 atom stereocenters. The number of aryl methyl sites for hydroxylation is 1. The molecule has 0 aliphatic carbocycles. The van der Waals surface area contributed by atoms with Crippen LogP contribution >= 0.6 is 0 Å². The second-order valence-corrected chi connectivity index (χ2v) is 5.68. The van der Waals surface area contributed by atoms with Crippen LogP contribution in [0.5, 0.6) is 0 Å². The van der Waals surface area contributed by atoms with E-state index in [2.05, 4.69) is 15.2 Å². The predicted molar refractivity (Wildman–Crippen MR) is 85.8 cm³/mol. The normalized spacial score (nSPS) is 15.2. The summed E-state index contributed by atoms with van der Waals surface area (Å²) in [6.07, 6.45) is 4.25. The number of hydrogen-bond acceptors (Lipinski definition) is 4. The van der Waals surface area contributed by atoms with Crippen molar-refractivity contribution >= 4 is 11.6 Å². The van der Waals surface area contributed by atoms with Crippen molar-refractivity contribution in [1.29, 1.82) is 0 Å². The Bertz CT molecular complexity index is 483. The number of likely N-dealkylation sites (tertiary alicyclic amines) is 1. The third-order valence-corrected chi connectivity index (χ3v) is 3.94. The van der Waals surface area contributed by atoms with Crippen LogP contribution < -0.4 is 5.32 Å². The molecule has 1 aliphatic rings. The molecule has 1 aromatic rings. The zero-order valence-electron chi connectivity index (χ0n) is 13.4. The molecule has 21 heavy (non-hydrogen) atoms. The van der Waals surface area contributed by atoms with E-state index in [0.717, 1.165) is 44.1 Å². The van der Waals surface area contributed by atoms with E-state index in [9.17, 15) is 4.79 Å². The van der Waals surface area contributed by atoms with Gasteiger partial charge in [0.1, 0.15) is 0 Å². The molecule has 1 aromatic heterocycles. The summed E-state index contributed by atoms with van der Waals surface area (Å²) in [5.41, 5.74) is 2.46. The maximum Gasteiger partial charge on any atom is 0.257 e. The minimum absolute atomic E-state index is 0.0395. The molecule has 2 heterocycles. The van der Waals surface area contributed by atoms with Crippen LogP contribution in [0.2, 0.25) is 0 Å². The van der Waals surface area contributed by atoms with E-state index in [4.69, 9.17) is 0 Å². The van der Waals surface area contributed by atoms with Crippen LogP contribution in [-0.4, -0.2) is 60.5 Å². The molecule has 116 valence electrons. The van der Waals surface area contributed by atoms with Crippen LogP contribution in [0.3, 0.4) is 0 Å². The van der Waals surface area contributed by atoms with Crippen LogP contribution in [0, 0.1) is 6.92 Å². The number of rotatable bonds is 6. The highest BCUT2D eigenvalue weighted by Crippen LogP contribution is 2.17. The standard InChI is InChI=1S/C16H26N4O/c1-4-17-15-11-13(2)18-12-14(15)16(21)19(3)9-10-20-7-5-6-8-20/h11-12H,4-10H2,1-3H3,(H,17,18). The number of amides is 1.